The monoisotopic (exact) mass is 348 g/mol. The Morgan fingerprint density at radius 1 is 1.38 bits per heavy atom. The van der Waals surface area contributed by atoms with Crippen molar-refractivity contribution in [1.82, 2.24) is 5.43 Å². The zero-order valence-corrected chi connectivity index (χ0v) is 14.0. The van der Waals surface area contributed by atoms with Gasteiger partial charge in [-0.3, -0.25) is 4.79 Å². The third-order valence-electron chi connectivity index (χ3n) is 3.37. The number of carbonyl (C=O) groups excluding carboxylic acids is 1. The van der Waals surface area contributed by atoms with Crippen LogP contribution in [0.1, 0.15) is 15.2 Å². The van der Waals surface area contributed by atoms with Crippen LogP contribution in [0.15, 0.2) is 28.7 Å². The van der Waals surface area contributed by atoms with Crippen LogP contribution >= 0.6 is 11.3 Å². The molecule has 1 amide bonds. The summed E-state index contributed by atoms with van der Waals surface area (Å²) >= 11 is 1.36. The Bertz CT molecular complexity index is 758. The van der Waals surface area contributed by atoms with E-state index in [-0.39, 0.29) is 12.7 Å². The van der Waals surface area contributed by atoms with Crippen molar-refractivity contribution < 1.29 is 23.7 Å². The van der Waals surface area contributed by atoms with Gasteiger partial charge in [-0.25, -0.2) is 5.43 Å². The van der Waals surface area contributed by atoms with Crippen LogP contribution in [0.4, 0.5) is 0 Å². The molecule has 1 aliphatic heterocycles. The molecule has 2 aromatic rings. The van der Waals surface area contributed by atoms with Gasteiger partial charge in [-0.15, -0.1) is 11.3 Å². The molecule has 0 radical (unpaired) electrons. The Balaban J connectivity index is 1.73. The molecule has 0 atom stereocenters. The average molecular weight is 348 g/mol. The highest BCUT2D eigenvalue weighted by molar-refractivity contribution is 7.12. The zero-order valence-electron chi connectivity index (χ0n) is 13.2. The lowest BCUT2D eigenvalue weighted by Crippen LogP contribution is -2.16. The van der Waals surface area contributed by atoms with E-state index in [0.717, 1.165) is 5.56 Å². The summed E-state index contributed by atoms with van der Waals surface area (Å²) in [5.74, 6) is 1.92. The molecular weight excluding hydrogens is 332 g/mol. The molecule has 3 rings (SSSR count). The van der Waals surface area contributed by atoms with Crippen LogP contribution in [0.3, 0.4) is 0 Å². The Kier molecular flexibility index (Phi) is 4.85. The highest BCUT2D eigenvalue weighted by Gasteiger charge is 2.25. The predicted molar refractivity (Wildman–Crippen MR) is 89.7 cm³/mol. The number of hydrogen-bond acceptors (Lipinski definition) is 7. The SMILES string of the molecule is COc1c(C/C=N/NC(=O)c2cccs2)cc2c(c1OC)OCO2. The molecule has 7 nitrogen and oxygen atoms in total. The van der Waals surface area contributed by atoms with Crippen molar-refractivity contribution in [3.63, 3.8) is 0 Å². The van der Waals surface area contributed by atoms with Crippen LogP contribution in [0.2, 0.25) is 0 Å². The number of thiophene rings is 1. The first-order valence-corrected chi connectivity index (χ1v) is 8.01. The molecule has 1 aromatic carbocycles. The van der Waals surface area contributed by atoms with Gasteiger partial charge in [-0.1, -0.05) is 6.07 Å². The summed E-state index contributed by atoms with van der Waals surface area (Å²) in [4.78, 5) is 12.4. The van der Waals surface area contributed by atoms with Crippen molar-refractivity contribution in [2.45, 2.75) is 6.42 Å². The first-order chi connectivity index (χ1) is 11.7. The summed E-state index contributed by atoms with van der Waals surface area (Å²) < 4.78 is 21.6. The third kappa shape index (κ3) is 3.13. The highest BCUT2D eigenvalue weighted by atomic mass is 32.1. The fourth-order valence-electron chi connectivity index (χ4n) is 2.32. The van der Waals surface area contributed by atoms with E-state index < -0.39 is 0 Å². The fraction of sp³-hybridized carbons (Fsp3) is 0.250. The molecule has 0 unspecified atom stereocenters. The number of rotatable bonds is 6. The van der Waals surface area contributed by atoms with Crippen LogP contribution < -0.4 is 24.4 Å². The number of amides is 1. The number of benzene rings is 1. The van der Waals surface area contributed by atoms with Crippen LogP contribution in [0, 0.1) is 0 Å². The normalized spacial score (nSPS) is 12.4. The van der Waals surface area contributed by atoms with E-state index in [9.17, 15) is 4.79 Å². The van der Waals surface area contributed by atoms with E-state index in [1.807, 2.05) is 17.5 Å². The Morgan fingerprint density at radius 2 is 2.21 bits per heavy atom. The first-order valence-electron chi connectivity index (χ1n) is 7.13. The number of hydrogen-bond donors (Lipinski definition) is 1. The number of hydrazone groups is 1. The van der Waals surface area contributed by atoms with Gasteiger partial charge in [0.25, 0.3) is 5.91 Å². The quantitative estimate of drug-likeness (QED) is 0.641. The van der Waals surface area contributed by atoms with Crippen molar-refractivity contribution in [1.29, 1.82) is 0 Å². The molecule has 2 heterocycles. The number of nitrogens with zero attached hydrogens (tertiary/aromatic N) is 1. The average Bonchev–Trinajstić information content (AvgIpc) is 3.28. The lowest BCUT2D eigenvalue weighted by Gasteiger charge is -2.13. The zero-order chi connectivity index (χ0) is 16.9. The van der Waals surface area contributed by atoms with Gasteiger partial charge >= 0.3 is 0 Å². The summed E-state index contributed by atoms with van der Waals surface area (Å²) in [7, 11) is 3.10. The second-order valence-corrected chi connectivity index (χ2v) is 5.72. The molecule has 0 spiro atoms. The molecule has 0 fully saturated rings. The van der Waals surface area contributed by atoms with E-state index >= 15 is 0 Å². The molecular formula is C16H16N2O5S. The summed E-state index contributed by atoms with van der Waals surface area (Å²) in [5, 5.41) is 5.80. The Hall–Kier alpha value is -2.74. The number of ether oxygens (including phenoxy) is 4. The highest BCUT2D eigenvalue weighted by Crippen LogP contribution is 2.48. The largest absolute Gasteiger partial charge is 0.492 e. The van der Waals surface area contributed by atoms with Gasteiger partial charge in [0.05, 0.1) is 19.1 Å². The maximum absolute atomic E-state index is 11.8. The minimum absolute atomic E-state index is 0.142. The second-order valence-electron chi connectivity index (χ2n) is 4.77. The molecule has 0 bridgehead atoms. The van der Waals surface area contributed by atoms with E-state index in [1.54, 1.807) is 26.5 Å². The standard InChI is InChI=1S/C16H16N2O5S/c1-20-13-10(8-11-14(15(13)21-2)23-9-22-11)5-6-17-18-16(19)12-4-3-7-24-12/h3-4,6-8H,5,9H2,1-2H3,(H,18,19)/b17-6+. The van der Waals surface area contributed by atoms with Crippen LogP contribution in [-0.2, 0) is 6.42 Å². The number of nitrogens with one attached hydrogen (secondary N) is 1. The molecule has 0 aliphatic carbocycles. The van der Waals surface area contributed by atoms with Crippen LogP contribution in [-0.4, -0.2) is 33.1 Å². The van der Waals surface area contributed by atoms with E-state index in [0.29, 0.717) is 34.3 Å². The summed E-state index contributed by atoms with van der Waals surface area (Å²) in [6.07, 6.45) is 2.02. The van der Waals surface area contributed by atoms with E-state index in [4.69, 9.17) is 18.9 Å². The molecule has 1 aliphatic rings. The van der Waals surface area contributed by atoms with Gasteiger partial charge in [0, 0.05) is 18.2 Å². The van der Waals surface area contributed by atoms with Crippen LogP contribution in [0.25, 0.3) is 0 Å². The van der Waals surface area contributed by atoms with Gasteiger partial charge < -0.3 is 18.9 Å². The lowest BCUT2D eigenvalue weighted by atomic mass is 10.1. The summed E-state index contributed by atoms with van der Waals surface area (Å²) in [6, 6.07) is 5.37. The summed E-state index contributed by atoms with van der Waals surface area (Å²) in [5.41, 5.74) is 3.30. The smallest absolute Gasteiger partial charge is 0.281 e. The summed E-state index contributed by atoms with van der Waals surface area (Å²) in [6.45, 7) is 0.142. The maximum Gasteiger partial charge on any atom is 0.281 e. The molecule has 1 N–H and O–H groups in total. The predicted octanol–water partition coefficient (Wildman–Crippen LogP) is 2.45. The Labute approximate surface area is 142 Å². The van der Waals surface area contributed by atoms with Crippen molar-refractivity contribution in [3.05, 3.63) is 34.0 Å². The minimum Gasteiger partial charge on any atom is -0.492 e. The number of fused-ring (bicyclic) bond motifs is 1. The maximum atomic E-state index is 11.8. The van der Waals surface area contributed by atoms with Crippen LogP contribution in [0.5, 0.6) is 23.0 Å². The van der Waals surface area contributed by atoms with Gasteiger partial charge in [-0.05, 0) is 17.5 Å². The minimum atomic E-state index is -0.239. The molecule has 1 aromatic heterocycles. The van der Waals surface area contributed by atoms with E-state index in [1.165, 1.54) is 11.3 Å². The molecule has 8 heteroatoms. The van der Waals surface area contributed by atoms with Gasteiger partial charge in [0.2, 0.25) is 18.3 Å². The fourth-order valence-corrected chi connectivity index (χ4v) is 2.93. The lowest BCUT2D eigenvalue weighted by molar-refractivity contribution is 0.0959. The van der Waals surface area contributed by atoms with Gasteiger partial charge in [0.15, 0.2) is 11.5 Å². The number of methoxy groups -OCH3 is 2. The van der Waals surface area contributed by atoms with E-state index in [2.05, 4.69) is 10.5 Å². The first kappa shape index (κ1) is 16.1. The molecule has 126 valence electrons. The van der Waals surface area contributed by atoms with Gasteiger partial charge in [0.1, 0.15) is 0 Å². The third-order valence-corrected chi connectivity index (χ3v) is 4.24. The number of carbonyl (C=O) groups is 1. The second kappa shape index (κ2) is 7.22. The molecule has 0 saturated carbocycles. The topological polar surface area (TPSA) is 78.4 Å². The molecule has 0 saturated heterocycles. The van der Waals surface area contributed by atoms with Crippen molar-refractivity contribution in [3.8, 4) is 23.0 Å². The van der Waals surface area contributed by atoms with Crippen molar-refractivity contribution in [2.24, 2.45) is 5.10 Å². The van der Waals surface area contributed by atoms with Crippen molar-refractivity contribution in [2.75, 3.05) is 21.0 Å². The van der Waals surface area contributed by atoms with Crippen molar-refractivity contribution >= 4 is 23.5 Å². The Morgan fingerprint density at radius 3 is 2.92 bits per heavy atom. The van der Waals surface area contributed by atoms with Gasteiger partial charge in [-0.2, -0.15) is 5.10 Å². The molecule has 24 heavy (non-hydrogen) atoms.